The molecule has 1 aliphatic heterocycles. The number of rotatable bonds is 4. The summed E-state index contributed by atoms with van der Waals surface area (Å²) < 4.78 is 0. The van der Waals surface area contributed by atoms with E-state index in [0.717, 1.165) is 24.6 Å². The van der Waals surface area contributed by atoms with Gasteiger partial charge in [0.2, 0.25) is 5.91 Å². The van der Waals surface area contributed by atoms with Crippen molar-refractivity contribution >= 4 is 17.4 Å². The molecular weight excluding hydrogens is 252 g/mol. The normalized spacial score (nSPS) is 15.4. The van der Waals surface area contributed by atoms with E-state index < -0.39 is 0 Å². The highest BCUT2D eigenvalue weighted by Gasteiger charge is 2.14. The van der Waals surface area contributed by atoms with Gasteiger partial charge in [-0.25, -0.2) is 4.98 Å². The quantitative estimate of drug-likeness (QED) is 0.883. The molecule has 5 nitrogen and oxygen atoms in total. The zero-order chi connectivity index (χ0) is 14.6. The van der Waals surface area contributed by atoms with E-state index in [-0.39, 0.29) is 11.4 Å². The molecule has 1 aromatic heterocycles. The van der Waals surface area contributed by atoms with Crippen molar-refractivity contribution in [1.82, 2.24) is 10.3 Å². The number of hydrogen-bond acceptors (Lipinski definition) is 4. The lowest BCUT2D eigenvalue weighted by Gasteiger charge is -2.20. The van der Waals surface area contributed by atoms with Crippen molar-refractivity contribution in [2.45, 2.75) is 39.2 Å². The average molecular weight is 276 g/mol. The SMILES string of the molecule is CC(C)(C)NCC(=O)Nc1ccc(N2CCCC2)nc1. The number of amides is 1. The third-order valence-corrected chi connectivity index (χ3v) is 3.24. The highest BCUT2D eigenvalue weighted by Crippen LogP contribution is 2.18. The molecule has 5 heteroatoms. The van der Waals surface area contributed by atoms with Gasteiger partial charge in [0, 0.05) is 18.6 Å². The molecule has 0 bridgehead atoms. The van der Waals surface area contributed by atoms with Crippen LogP contribution in [0.1, 0.15) is 33.6 Å². The van der Waals surface area contributed by atoms with Crippen LogP contribution in [0, 0.1) is 0 Å². The van der Waals surface area contributed by atoms with Crippen LogP contribution in [0.25, 0.3) is 0 Å². The Labute approximate surface area is 120 Å². The van der Waals surface area contributed by atoms with E-state index in [1.165, 1.54) is 12.8 Å². The van der Waals surface area contributed by atoms with Gasteiger partial charge in [0.25, 0.3) is 0 Å². The Morgan fingerprint density at radius 1 is 1.30 bits per heavy atom. The van der Waals surface area contributed by atoms with Crippen LogP contribution in [0.2, 0.25) is 0 Å². The Balaban J connectivity index is 1.85. The molecule has 1 aliphatic rings. The first kappa shape index (κ1) is 14.8. The first-order valence-corrected chi connectivity index (χ1v) is 7.20. The highest BCUT2D eigenvalue weighted by atomic mass is 16.1. The number of pyridine rings is 1. The summed E-state index contributed by atoms with van der Waals surface area (Å²) in [7, 11) is 0. The Morgan fingerprint density at radius 3 is 2.55 bits per heavy atom. The molecule has 1 fully saturated rings. The molecule has 0 spiro atoms. The van der Waals surface area contributed by atoms with Gasteiger partial charge < -0.3 is 15.5 Å². The lowest BCUT2D eigenvalue weighted by Crippen LogP contribution is -2.41. The molecule has 1 aromatic rings. The number of nitrogens with one attached hydrogen (secondary N) is 2. The minimum Gasteiger partial charge on any atom is -0.357 e. The topological polar surface area (TPSA) is 57.3 Å². The van der Waals surface area contributed by atoms with Crippen LogP contribution in [0.15, 0.2) is 18.3 Å². The predicted octanol–water partition coefficient (Wildman–Crippen LogP) is 2.01. The zero-order valence-electron chi connectivity index (χ0n) is 12.6. The fraction of sp³-hybridized carbons (Fsp3) is 0.600. The van der Waals surface area contributed by atoms with Gasteiger partial charge in [0.05, 0.1) is 18.4 Å². The number of nitrogens with zero attached hydrogens (tertiary/aromatic N) is 2. The third kappa shape index (κ3) is 4.49. The molecule has 2 heterocycles. The summed E-state index contributed by atoms with van der Waals surface area (Å²) in [4.78, 5) is 18.5. The fourth-order valence-corrected chi connectivity index (χ4v) is 2.14. The first-order valence-electron chi connectivity index (χ1n) is 7.20. The smallest absolute Gasteiger partial charge is 0.238 e. The fourth-order valence-electron chi connectivity index (χ4n) is 2.14. The van der Waals surface area contributed by atoms with Crippen LogP contribution in [-0.2, 0) is 4.79 Å². The predicted molar refractivity (Wildman–Crippen MR) is 82.1 cm³/mol. The van der Waals surface area contributed by atoms with Gasteiger partial charge in [-0.2, -0.15) is 0 Å². The van der Waals surface area contributed by atoms with Crippen LogP contribution in [0.5, 0.6) is 0 Å². The summed E-state index contributed by atoms with van der Waals surface area (Å²) in [6.07, 6.45) is 4.19. The van der Waals surface area contributed by atoms with Gasteiger partial charge in [-0.3, -0.25) is 4.79 Å². The van der Waals surface area contributed by atoms with Crippen molar-refractivity contribution < 1.29 is 4.79 Å². The van der Waals surface area contributed by atoms with Crippen molar-refractivity contribution in [2.75, 3.05) is 29.9 Å². The van der Waals surface area contributed by atoms with Crippen LogP contribution in [0.4, 0.5) is 11.5 Å². The van der Waals surface area contributed by atoms with Crippen LogP contribution in [-0.4, -0.2) is 36.1 Å². The molecule has 1 saturated heterocycles. The summed E-state index contributed by atoms with van der Waals surface area (Å²) in [5, 5.41) is 6.01. The highest BCUT2D eigenvalue weighted by molar-refractivity contribution is 5.92. The van der Waals surface area contributed by atoms with Crippen LogP contribution < -0.4 is 15.5 Å². The molecule has 2 N–H and O–H groups in total. The molecule has 0 atom stereocenters. The lowest BCUT2D eigenvalue weighted by molar-refractivity contribution is -0.115. The number of carbonyl (C=O) groups is 1. The maximum atomic E-state index is 11.8. The van der Waals surface area contributed by atoms with Crippen molar-refractivity contribution in [2.24, 2.45) is 0 Å². The van der Waals surface area contributed by atoms with Crippen molar-refractivity contribution in [1.29, 1.82) is 0 Å². The third-order valence-electron chi connectivity index (χ3n) is 3.24. The van der Waals surface area contributed by atoms with E-state index in [2.05, 4.69) is 20.5 Å². The minimum absolute atomic E-state index is 0.0457. The second-order valence-electron chi connectivity index (χ2n) is 6.25. The van der Waals surface area contributed by atoms with Gasteiger partial charge in [-0.15, -0.1) is 0 Å². The van der Waals surface area contributed by atoms with E-state index in [1.54, 1.807) is 6.20 Å². The van der Waals surface area contributed by atoms with E-state index in [9.17, 15) is 4.79 Å². The molecule has 1 amide bonds. The van der Waals surface area contributed by atoms with Gasteiger partial charge in [0.1, 0.15) is 5.82 Å². The molecule has 2 rings (SSSR count). The van der Waals surface area contributed by atoms with Crippen LogP contribution >= 0.6 is 0 Å². The monoisotopic (exact) mass is 276 g/mol. The van der Waals surface area contributed by atoms with Gasteiger partial charge in [-0.1, -0.05) is 0 Å². The Kier molecular flexibility index (Phi) is 4.60. The standard InChI is InChI=1S/C15H24N4O/c1-15(2,3)17-11-14(20)18-12-6-7-13(16-10-12)19-8-4-5-9-19/h6-7,10,17H,4-5,8-9,11H2,1-3H3,(H,18,20). The maximum Gasteiger partial charge on any atom is 0.238 e. The zero-order valence-corrected chi connectivity index (χ0v) is 12.6. The summed E-state index contributed by atoms with van der Waals surface area (Å²) in [6, 6.07) is 3.88. The van der Waals surface area contributed by atoms with E-state index in [0.29, 0.717) is 6.54 Å². The van der Waals surface area contributed by atoms with Crippen LogP contribution in [0.3, 0.4) is 0 Å². The molecule has 0 unspecified atom stereocenters. The first-order chi connectivity index (χ1) is 9.44. The second-order valence-corrected chi connectivity index (χ2v) is 6.25. The lowest BCUT2D eigenvalue weighted by atomic mass is 10.1. The molecule has 0 radical (unpaired) electrons. The minimum atomic E-state index is -0.0603. The molecule has 0 aliphatic carbocycles. The largest absolute Gasteiger partial charge is 0.357 e. The molecule has 0 aromatic carbocycles. The summed E-state index contributed by atoms with van der Waals surface area (Å²) in [6.45, 7) is 8.56. The summed E-state index contributed by atoms with van der Waals surface area (Å²) >= 11 is 0. The number of anilines is 2. The Bertz CT molecular complexity index is 444. The number of aromatic nitrogens is 1. The van der Waals surface area contributed by atoms with Gasteiger partial charge >= 0.3 is 0 Å². The maximum absolute atomic E-state index is 11.8. The molecule has 20 heavy (non-hydrogen) atoms. The van der Waals surface area contributed by atoms with E-state index in [1.807, 2.05) is 32.9 Å². The van der Waals surface area contributed by atoms with Crippen molar-refractivity contribution in [3.63, 3.8) is 0 Å². The average Bonchev–Trinajstić information content (AvgIpc) is 2.90. The van der Waals surface area contributed by atoms with Gasteiger partial charge in [-0.05, 0) is 45.7 Å². The number of carbonyl (C=O) groups excluding carboxylic acids is 1. The Morgan fingerprint density at radius 2 is 2.00 bits per heavy atom. The molecule has 110 valence electrons. The Hall–Kier alpha value is -1.62. The van der Waals surface area contributed by atoms with Crippen molar-refractivity contribution in [3.8, 4) is 0 Å². The van der Waals surface area contributed by atoms with Crippen molar-refractivity contribution in [3.05, 3.63) is 18.3 Å². The van der Waals surface area contributed by atoms with Gasteiger partial charge in [0.15, 0.2) is 0 Å². The number of hydrogen-bond donors (Lipinski definition) is 2. The molecule has 0 saturated carbocycles. The summed E-state index contributed by atoms with van der Waals surface area (Å²) in [5.74, 6) is 0.948. The van der Waals surface area contributed by atoms with E-state index >= 15 is 0 Å². The molecular formula is C15H24N4O. The van der Waals surface area contributed by atoms with E-state index in [4.69, 9.17) is 0 Å². The second kappa shape index (κ2) is 6.22. The summed E-state index contributed by atoms with van der Waals surface area (Å²) in [5.41, 5.74) is 0.684.